The highest BCUT2D eigenvalue weighted by atomic mass is 79.9. The molecule has 10 nitrogen and oxygen atoms in total. The standard InChI is InChI=1S/C12H10Br2N6O4/c13-6-1-5(2-7(14)9(6)22)3-16-18-8(21)4-15-10-11(23)17-12(24)20-19-10/h1-3,22H,4H2,(H,15,19)(H,18,21)(H2,17,20,23,24)/b16-3-. The molecule has 1 aromatic carbocycles. The van der Waals surface area contributed by atoms with E-state index in [4.69, 9.17) is 0 Å². The third kappa shape index (κ3) is 4.76. The summed E-state index contributed by atoms with van der Waals surface area (Å²) in [4.78, 5) is 35.7. The first-order chi connectivity index (χ1) is 11.4. The number of nitrogens with zero attached hydrogens (tertiary/aromatic N) is 2. The van der Waals surface area contributed by atoms with E-state index in [1.807, 2.05) is 10.1 Å². The number of hydrogen-bond acceptors (Lipinski definition) is 7. The first kappa shape index (κ1) is 17.9. The van der Waals surface area contributed by atoms with Crippen molar-refractivity contribution in [3.05, 3.63) is 47.5 Å². The zero-order valence-electron chi connectivity index (χ0n) is 11.8. The molecule has 0 bridgehead atoms. The summed E-state index contributed by atoms with van der Waals surface area (Å²) in [5.41, 5.74) is 1.39. The van der Waals surface area contributed by atoms with Gasteiger partial charge in [0.05, 0.1) is 21.7 Å². The Hall–Kier alpha value is -2.47. The minimum absolute atomic E-state index is 0.0546. The first-order valence-electron chi connectivity index (χ1n) is 6.29. The molecule has 0 saturated carbocycles. The van der Waals surface area contributed by atoms with Crippen LogP contribution in [0.2, 0.25) is 0 Å². The van der Waals surface area contributed by atoms with Crippen LogP contribution in [0.3, 0.4) is 0 Å². The average molecular weight is 462 g/mol. The number of carbonyl (C=O) groups is 1. The Morgan fingerprint density at radius 3 is 2.62 bits per heavy atom. The van der Waals surface area contributed by atoms with Crippen LogP contribution in [-0.2, 0) is 4.79 Å². The maximum absolute atomic E-state index is 11.6. The molecule has 0 saturated heterocycles. The lowest BCUT2D eigenvalue weighted by molar-refractivity contribution is -0.119. The monoisotopic (exact) mass is 460 g/mol. The lowest BCUT2D eigenvalue weighted by Crippen LogP contribution is -2.31. The highest BCUT2D eigenvalue weighted by molar-refractivity contribution is 9.11. The molecule has 12 heteroatoms. The smallest absolute Gasteiger partial charge is 0.342 e. The zero-order chi connectivity index (χ0) is 17.7. The Bertz CT molecular complexity index is 884. The van der Waals surface area contributed by atoms with Crippen molar-refractivity contribution in [3.8, 4) is 5.75 Å². The van der Waals surface area contributed by atoms with Gasteiger partial charge in [0.2, 0.25) is 5.82 Å². The second-order valence-corrected chi connectivity index (χ2v) is 6.04. The molecule has 5 N–H and O–H groups in total. The SMILES string of the molecule is O=C(CNc1n[nH]c(=O)[nH]c1=O)N/N=C\c1cc(Br)c(O)c(Br)c1. The molecule has 0 radical (unpaired) electrons. The normalized spacial score (nSPS) is 10.8. The molecule has 2 aromatic rings. The van der Waals surface area contributed by atoms with E-state index in [1.54, 1.807) is 12.1 Å². The summed E-state index contributed by atoms with van der Waals surface area (Å²) in [6.45, 7) is -0.275. The molecular formula is C12H10Br2N6O4. The van der Waals surface area contributed by atoms with Crippen LogP contribution >= 0.6 is 31.9 Å². The van der Waals surface area contributed by atoms with Crippen LogP contribution in [0.25, 0.3) is 0 Å². The van der Waals surface area contributed by atoms with Gasteiger partial charge in [-0.05, 0) is 49.6 Å². The van der Waals surface area contributed by atoms with Gasteiger partial charge in [0, 0.05) is 0 Å². The topological polar surface area (TPSA) is 152 Å². The van der Waals surface area contributed by atoms with Gasteiger partial charge in [-0.15, -0.1) is 5.10 Å². The van der Waals surface area contributed by atoms with Gasteiger partial charge in [-0.1, -0.05) is 0 Å². The number of aromatic nitrogens is 3. The number of hydrogen-bond donors (Lipinski definition) is 5. The van der Waals surface area contributed by atoms with Crippen LogP contribution in [0.1, 0.15) is 5.56 Å². The van der Waals surface area contributed by atoms with Crippen LogP contribution in [-0.4, -0.2) is 39.0 Å². The summed E-state index contributed by atoms with van der Waals surface area (Å²) < 4.78 is 0.935. The van der Waals surface area contributed by atoms with E-state index in [1.165, 1.54) is 6.21 Å². The number of rotatable bonds is 5. The van der Waals surface area contributed by atoms with Gasteiger partial charge in [0.1, 0.15) is 5.75 Å². The summed E-state index contributed by atoms with van der Waals surface area (Å²) in [6.07, 6.45) is 1.37. The highest BCUT2D eigenvalue weighted by Crippen LogP contribution is 2.32. The molecule has 0 aliphatic rings. The molecule has 126 valence electrons. The molecule has 2 rings (SSSR count). The first-order valence-corrected chi connectivity index (χ1v) is 7.88. The molecule has 0 atom stereocenters. The van der Waals surface area contributed by atoms with Crippen molar-refractivity contribution in [1.29, 1.82) is 0 Å². The Labute approximate surface area is 150 Å². The number of carbonyl (C=O) groups excluding carboxylic acids is 1. The maximum Gasteiger partial charge on any atom is 0.342 e. The molecule has 0 fully saturated rings. The number of nitrogens with one attached hydrogen (secondary N) is 4. The van der Waals surface area contributed by atoms with Crippen LogP contribution in [0.4, 0.5) is 5.82 Å². The predicted octanol–water partition coefficient (Wildman–Crippen LogP) is 0.251. The van der Waals surface area contributed by atoms with Crippen LogP contribution < -0.4 is 22.0 Å². The fourth-order valence-electron chi connectivity index (χ4n) is 1.51. The number of hydrazone groups is 1. The Morgan fingerprint density at radius 1 is 1.33 bits per heavy atom. The number of amides is 1. The van der Waals surface area contributed by atoms with Crippen molar-refractivity contribution < 1.29 is 9.90 Å². The van der Waals surface area contributed by atoms with Gasteiger partial charge in [0.15, 0.2) is 0 Å². The second-order valence-electron chi connectivity index (χ2n) is 4.34. The number of benzene rings is 1. The summed E-state index contributed by atoms with van der Waals surface area (Å²) in [5.74, 6) is -0.672. The molecule has 0 aliphatic heterocycles. The largest absolute Gasteiger partial charge is 0.506 e. The minimum Gasteiger partial charge on any atom is -0.506 e. The van der Waals surface area contributed by atoms with E-state index in [0.29, 0.717) is 14.5 Å². The number of aromatic amines is 2. The minimum atomic E-state index is -0.745. The summed E-state index contributed by atoms with van der Waals surface area (Å²) in [5, 5.41) is 21.3. The molecule has 0 spiro atoms. The van der Waals surface area contributed by atoms with E-state index in [2.05, 4.69) is 52.8 Å². The third-order valence-corrected chi connectivity index (χ3v) is 3.78. The van der Waals surface area contributed by atoms with Gasteiger partial charge in [-0.25, -0.2) is 15.3 Å². The second kappa shape index (κ2) is 7.88. The van der Waals surface area contributed by atoms with Crippen molar-refractivity contribution in [2.24, 2.45) is 5.10 Å². The molecule has 1 amide bonds. The highest BCUT2D eigenvalue weighted by Gasteiger charge is 2.06. The fourth-order valence-corrected chi connectivity index (χ4v) is 2.73. The van der Waals surface area contributed by atoms with Crippen molar-refractivity contribution in [2.75, 3.05) is 11.9 Å². The number of anilines is 1. The summed E-state index contributed by atoms with van der Waals surface area (Å²) >= 11 is 6.35. The number of halogens is 2. The van der Waals surface area contributed by atoms with E-state index in [-0.39, 0.29) is 18.1 Å². The number of phenols is 1. The van der Waals surface area contributed by atoms with Gasteiger partial charge >= 0.3 is 5.69 Å². The number of aromatic hydroxyl groups is 1. The van der Waals surface area contributed by atoms with Crippen molar-refractivity contribution in [2.45, 2.75) is 0 Å². The lowest BCUT2D eigenvalue weighted by atomic mass is 10.2. The predicted molar refractivity (Wildman–Crippen MR) is 93.2 cm³/mol. The molecule has 0 unspecified atom stereocenters. The zero-order valence-corrected chi connectivity index (χ0v) is 14.9. The molecular weight excluding hydrogens is 452 g/mol. The van der Waals surface area contributed by atoms with Gasteiger partial charge in [-0.2, -0.15) is 5.10 Å². The summed E-state index contributed by atoms with van der Waals surface area (Å²) in [6, 6.07) is 3.22. The van der Waals surface area contributed by atoms with E-state index >= 15 is 0 Å². The van der Waals surface area contributed by atoms with Crippen LogP contribution in [0, 0.1) is 0 Å². The number of H-pyrrole nitrogens is 2. The quantitative estimate of drug-likeness (QED) is 0.318. The van der Waals surface area contributed by atoms with Crippen molar-refractivity contribution in [1.82, 2.24) is 20.6 Å². The molecule has 24 heavy (non-hydrogen) atoms. The Balaban J connectivity index is 1.91. The maximum atomic E-state index is 11.6. The Morgan fingerprint density at radius 2 is 2.00 bits per heavy atom. The van der Waals surface area contributed by atoms with E-state index < -0.39 is 17.2 Å². The number of phenolic OH excluding ortho intramolecular Hbond substituents is 1. The van der Waals surface area contributed by atoms with Gasteiger partial charge in [0.25, 0.3) is 11.5 Å². The van der Waals surface area contributed by atoms with Crippen molar-refractivity contribution in [3.63, 3.8) is 0 Å². The lowest BCUT2D eigenvalue weighted by Gasteiger charge is -2.03. The fraction of sp³-hybridized carbons (Fsp3) is 0.0833. The van der Waals surface area contributed by atoms with Gasteiger partial charge in [-0.3, -0.25) is 14.6 Å². The average Bonchev–Trinajstić information content (AvgIpc) is 2.51. The van der Waals surface area contributed by atoms with Crippen LogP contribution in [0.15, 0.2) is 35.8 Å². The molecule has 1 heterocycles. The molecule has 0 aliphatic carbocycles. The van der Waals surface area contributed by atoms with Gasteiger partial charge < -0.3 is 10.4 Å². The summed E-state index contributed by atoms with van der Waals surface area (Å²) in [7, 11) is 0. The molecule has 1 aromatic heterocycles. The van der Waals surface area contributed by atoms with Crippen molar-refractivity contribution >= 4 is 49.8 Å². The Kier molecular flexibility index (Phi) is 5.87. The van der Waals surface area contributed by atoms with Crippen LogP contribution in [0.5, 0.6) is 5.75 Å². The van der Waals surface area contributed by atoms with E-state index in [9.17, 15) is 19.5 Å². The third-order valence-electron chi connectivity index (χ3n) is 2.57. The van der Waals surface area contributed by atoms with E-state index in [0.717, 1.165) is 0 Å².